The van der Waals surface area contributed by atoms with Crippen LogP contribution < -0.4 is 9.46 Å². The van der Waals surface area contributed by atoms with Crippen molar-refractivity contribution in [1.82, 2.24) is 0 Å². The van der Waals surface area contributed by atoms with Gasteiger partial charge in [-0.05, 0) is 24.3 Å². The van der Waals surface area contributed by atoms with Crippen molar-refractivity contribution in [3.8, 4) is 5.75 Å². The molecule has 0 fully saturated rings. The summed E-state index contributed by atoms with van der Waals surface area (Å²) in [4.78, 5) is 0. The summed E-state index contributed by atoms with van der Waals surface area (Å²) in [6.07, 6.45) is 0. The minimum atomic E-state index is -3.42. The number of hydrogen-bond acceptors (Lipinski definition) is 3. The van der Waals surface area contributed by atoms with Gasteiger partial charge in [-0.25, -0.2) is 8.42 Å². The Morgan fingerprint density at radius 2 is 1.93 bits per heavy atom. The predicted molar refractivity (Wildman–Crippen MR) is 55.7 cm³/mol. The molecular formula is C9H11NO3S. The van der Waals surface area contributed by atoms with Crippen LogP contribution in [0, 0.1) is 0 Å². The normalized spacial score (nSPS) is 10.6. The Labute approximate surface area is 83.3 Å². The highest BCUT2D eigenvalue weighted by Crippen LogP contribution is 2.16. The average molecular weight is 213 g/mol. The van der Waals surface area contributed by atoms with Gasteiger partial charge in [-0.1, -0.05) is 6.58 Å². The third-order valence-corrected chi connectivity index (χ3v) is 2.53. The summed E-state index contributed by atoms with van der Waals surface area (Å²) in [5.41, 5.74) is 0.478. The summed E-state index contributed by atoms with van der Waals surface area (Å²) in [7, 11) is -1.87. The molecule has 5 heteroatoms. The van der Waals surface area contributed by atoms with Crippen LogP contribution in [0.1, 0.15) is 0 Å². The maximum atomic E-state index is 11.1. The standard InChI is InChI=1S/C9H11NO3S/c1-3-14(11,12)10-8-4-6-9(13-2)7-5-8/h3-7,10H,1H2,2H3. The lowest BCUT2D eigenvalue weighted by atomic mass is 10.3. The maximum Gasteiger partial charge on any atom is 0.254 e. The average Bonchev–Trinajstić information content (AvgIpc) is 2.19. The highest BCUT2D eigenvalue weighted by Gasteiger charge is 2.03. The van der Waals surface area contributed by atoms with Crippen LogP contribution in [0.15, 0.2) is 36.3 Å². The first-order valence-corrected chi connectivity index (χ1v) is 5.41. The van der Waals surface area contributed by atoms with Gasteiger partial charge in [0, 0.05) is 11.1 Å². The number of nitrogens with one attached hydrogen (secondary N) is 1. The van der Waals surface area contributed by atoms with E-state index in [1.54, 1.807) is 31.4 Å². The van der Waals surface area contributed by atoms with Crippen LogP contribution in [-0.2, 0) is 10.0 Å². The molecular weight excluding hydrogens is 202 g/mol. The Morgan fingerprint density at radius 3 is 2.36 bits per heavy atom. The van der Waals surface area contributed by atoms with Gasteiger partial charge in [-0.3, -0.25) is 4.72 Å². The van der Waals surface area contributed by atoms with Gasteiger partial charge in [0.2, 0.25) is 0 Å². The number of rotatable bonds is 4. The molecule has 0 saturated carbocycles. The van der Waals surface area contributed by atoms with Gasteiger partial charge in [0.05, 0.1) is 7.11 Å². The lowest BCUT2D eigenvalue weighted by Crippen LogP contribution is -2.07. The van der Waals surface area contributed by atoms with Crippen LogP contribution in [-0.4, -0.2) is 15.5 Å². The van der Waals surface area contributed by atoms with Crippen LogP contribution in [0.3, 0.4) is 0 Å². The molecule has 0 heterocycles. The molecule has 0 aliphatic rings. The molecule has 1 aromatic rings. The van der Waals surface area contributed by atoms with Gasteiger partial charge >= 0.3 is 0 Å². The first-order valence-electron chi connectivity index (χ1n) is 3.87. The molecule has 0 radical (unpaired) electrons. The minimum Gasteiger partial charge on any atom is -0.497 e. The van der Waals surface area contributed by atoms with Crippen molar-refractivity contribution < 1.29 is 13.2 Å². The van der Waals surface area contributed by atoms with Crippen molar-refractivity contribution >= 4 is 15.7 Å². The molecule has 0 amide bonds. The zero-order valence-corrected chi connectivity index (χ0v) is 8.54. The third kappa shape index (κ3) is 2.77. The van der Waals surface area contributed by atoms with E-state index >= 15 is 0 Å². The maximum absolute atomic E-state index is 11.1. The van der Waals surface area contributed by atoms with Crippen LogP contribution >= 0.6 is 0 Å². The van der Waals surface area contributed by atoms with E-state index in [4.69, 9.17) is 4.74 Å². The van der Waals surface area contributed by atoms with Crippen LogP contribution in [0.4, 0.5) is 5.69 Å². The highest BCUT2D eigenvalue weighted by atomic mass is 32.2. The van der Waals surface area contributed by atoms with E-state index < -0.39 is 10.0 Å². The number of sulfonamides is 1. The van der Waals surface area contributed by atoms with Gasteiger partial charge in [-0.15, -0.1) is 0 Å². The van der Waals surface area contributed by atoms with Crippen molar-refractivity contribution in [2.45, 2.75) is 0 Å². The Morgan fingerprint density at radius 1 is 1.36 bits per heavy atom. The largest absolute Gasteiger partial charge is 0.497 e. The molecule has 1 aromatic carbocycles. The first kappa shape index (κ1) is 10.6. The molecule has 1 N–H and O–H groups in total. The second kappa shape index (κ2) is 4.15. The zero-order valence-electron chi connectivity index (χ0n) is 7.73. The highest BCUT2D eigenvalue weighted by molar-refractivity contribution is 7.95. The van der Waals surface area contributed by atoms with Crippen molar-refractivity contribution in [3.63, 3.8) is 0 Å². The molecule has 0 saturated heterocycles. The number of benzene rings is 1. The van der Waals surface area contributed by atoms with E-state index in [1.165, 1.54) is 0 Å². The minimum absolute atomic E-state index is 0.478. The summed E-state index contributed by atoms with van der Waals surface area (Å²) in [5.74, 6) is 0.673. The fraction of sp³-hybridized carbons (Fsp3) is 0.111. The number of anilines is 1. The van der Waals surface area contributed by atoms with Crippen LogP contribution in [0.2, 0.25) is 0 Å². The molecule has 4 nitrogen and oxygen atoms in total. The summed E-state index contributed by atoms with van der Waals surface area (Å²) in [6, 6.07) is 6.56. The van der Waals surface area contributed by atoms with Crippen LogP contribution in [0.5, 0.6) is 5.75 Å². The topological polar surface area (TPSA) is 55.4 Å². The summed E-state index contributed by atoms with van der Waals surface area (Å²) in [6.45, 7) is 3.19. The molecule has 76 valence electrons. The van der Waals surface area contributed by atoms with E-state index in [2.05, 4.69) is 11.3 Å². The fourth-order valence-corrected chi connectivity index (χ4v) is 1.41. The molecule has 0 atom stereocenters. The number of ether oxygens (including phenoxy) is 1. The molecule has 1 rings (SSSR count). The smallest absolute Gasteiger partial charge is 0.254 e. The summed E-state index contributed by atoms with van der Waals surface area (Å²) < 4.78 is 29.4. The molecule has 0 aliphatic carbocycles. The predicted octanol–water partition coefficient (Wildman–Crippen LogP) is 1.58. The molecule has 0 aromatic heterocycles. The lowest BCUT2D eigenvalue weighted by molar-refractivity contribution is 0.415. The number of hydrogen-bond donors (Lipinski definition) is 1. The quantitative estimate of drug-likeness (QED) is 0.826. The molecule has 0 unspecified atom stereocenters. The molecule has 0 aliphatic heterocycles. The van der Waals surface area contributed by atoms with Gasteiger partial charge in [0.15, 0.2) is 0 Å². The molecule has 0 spiro atoms. The lowest BCUT2D eigenvalue weighted by Gasteiger charge is -2.04. The molecule has 0 bridgehead atoms. The van der Waals surface area contributed by atoms with Gasteiger partial charge in [0.1, 0.15) is 5.75 Å². The van der Waals surface area contributed by atoms with E-state index in [1.807, 2.05) is 0 Å². The fourth-order valence-electron chi connectivity index (χ4n) is 0.865. The zero-order chi connectivity index (χ0) is 10.6. The van der Waals surface area contributed by atoms with Crippen LogP contribution in [0.25, 0.3) is 0 Å². The van der Waals surface area contributed by atoms with E-state index in [-0.39, 0.29) is 0 Å². The Bertz CT molecular complexity index is 408. The summed E-state index contributed by atoms with van der Waals surface area (Å²) >= 11 is 0. The second-order valence-electron chi connectivity index (χ2n) is 2.54. The van der Waals surface area contributed by atoms with Gasteiger partial charge in [0.25, 0.3) is 10.0 Å². The van der Waals surface area contributed by atoms with E-state index in [0.29, 0.717) is 11.4 Å². The van der Waals surface area contributed by atoms with E-state index in [0.717, 1.165) is 5.41 Å². The number of methoxy groups -OCH3 is 1. The SMILES string of the molecule is C=CS(=O)(=O)Nc1ccc(OC)cc1. The monoisotopic (exact) mass is 213 g/mol. The second-order valence-corrected chi connectivity index (χ2v) is 4.17. The Hall–Kier alpha value is -1.49. The van der Waals surface area contributed by atoms with Crippen molar-refractivity contribution in [2.75, 3.05) is 11.8 Å². The Kier molecular flexibility index (Phi) is 3.14. The molecule has 14 heavy (non-hydrogen) atoms. The van der Waals surface area contributed by atoms with Gasteiger partial charge < -0.3 is 4.74 Å². The van der Waals surface area contributed by atoms with Crippen molar-refractivity contribution in [1.29, 1.82) is 0 Å². The third-order valence-electron chi connectivity index (χ3n) is 1.57. The van der Waals surface area contributed by atoms with E-state index in [9.17, 15) is 8.42 Å². The van der Waals surface area contributed by atoms with Crippen molar-refractivity contribution in [3.05, 3.63) is 36.3 Å². The van der Waals surface area contributed by atoms with Crippen molar-refractivity contribution in [2.24, 2.45) is 0 Å². The summed E-state index contributed by atoms with van der Waals surface area (Å²) in [5, 5.41) is 0.858. The first-order chi connectivity index (χ1) is 6.57. The Balaban J connectivity index is 2.84. The van der Waals surface area contributed by atoms with Gasteiger partial charge in [-0.2, -0.15) is 0 Å².